The highest BCUT2D eigenvalue weighted by Gasteiger charge is 2.19. The number of hydrogen-bond donors (Lipinski definition) is 0. The van der Waals surface area contributed by atoms with Crippen molar-refractivity contribution < 1.29 is 28.6 Å². The second-order valence-corrected chi connectivity index (χ2v) is 19.1. The van der Waals surface area contributed by atoms with Crippen molar-refractivity contribution in [3.63, 3.8) is 0 Å². The molecule has 0 aromatic heterocycles. The number of unbranched alkanes of at least 4 members (excludes halogenated alkanes) is 25. The Morgan fingerprint density at radius 2 is 0.557 bits per heavy atom. The zero-order chi connectivity index (χ0) is 50.7. The minimum absolute atomic E-state index is 0.0858. The molecule has 400 valence electrons. The van der Waals surface area contributed by atoms with E-state index in [4.69, 9.17) is 14.2 Å². The van der Waals surface area contributed by atoms with Gasteiger partial charge in [0.2, 0.25) is 0 Å². The van der Waals surface area contributed by atoms with Crippen molar-refractivity contribution in [3.8, 4) is 0 Å². The first kappa shape index (κ1) is 66.3. The summed E-state index contributed by atoms with van der Waals surface area (Å²) in [6.45, 7) is 6.34. The molecule has 0 heterocycles. The van der Waals surface area contributed by atoms with Crippen LogP contribution in [0, 0.1) is 0 Å². The Balaban J connectivity index is 4.08. The van der Waals surface area contributed by atoms with Gasteiger partial charge in [-0.25, -0.2) is 0 Å². The molecule has 1 atom stereocenters. The molecule has 0 saturated carbocycles. The van der Waals surface area contributed by atoms with Crippen molar-refractivity contribution in [3.05, 3.63) is 97.2 Å². The molecule has 0 radical (unpaired) electrons. The Hall–Kier alpha value is -3.67. The highest BCUT2D eigenvalue weighted by molar-refractivity contribution is 5.71. The molecule has 0 fully saturated rings. The topological polar surface area (TPSA) is 78.9 Å². The summed E-state index contributed by atoms with van der Waals surface area (Å²) in [5.74, 6) is -0.916. The van der Waals surface area contributed by atoms with Crippen LogP contribution in [-0.4, -0.2) is 37.2 Å². The van der Waals surface area contributed by atoms with E-state index in [1.165, 1.54) is 109 Å². The van der Waals surface area contributed by atoms with Crippen molar-refractivity contribution in [2.45, 2.75) is 277 Å². The Morgan fingerprint density at radius 1 is 0.300 bits per heavy atom. The number of rotatable bonds is 52. The van der Waals surface area contributed by atoms with Crippen LogP contribution in [-0.2, 0) is 28.6 Å². The Labute approximate surface area is 432 Å². The molecule has 0 aliphatic heterocycles. The van der Waals surface area contributed by atoms with Crippen molar-refractivity contribution in [2.75, 3.05) is 13.2 Å². The van der Waals surface area contributed by atoms with Gasteiger partial charge in [-0.1, -0.05) is 253 Å². The SMILES string of the molecule is CC/C=C\C/C=C\C/C=C\C/C=C\CCCCCCCCCCCCCCCCCCC(=O)OCC(COC(=O)CCCCCCCC)OC(=O)CCCCCC/C=C\C/C=C\C/C=C\C/C=C\CC. The van der Waals surface area contributed by atoms with E-state index in [0.29, 0.717) is 19.3 Å². The lowest BCUT2D eigenvalue weighted by atomic mass is 10.0. The summed E-state index contributed by atoms with van der Waals surface area (Å²) in [7, 11) is 0. The van der Waals surface area contributed by atoms with Gasteiger partial charge in [-0.05, 0) is 96.3 Å². The van der Waals surface area contributed by atoms with Crippen LogP contribution < -0.4 is 0 Å². The Morgan fingerprint density at radius 3 is 0.871 bits per heavy atom. The van der Waals surface area contributed by atoms with Gasteiger partial charge in [0.15, 0.2) is 6.10 Å². The zero-order valence-corrected chi connectivity index (χ0v) is 45.8. The summed E-state index contributed by atoms with van der Waals surface area (Å²) in [6.07, 6.45) is 77.3. The van der Waals surface area contributed by atoms with Gasteiger partial charge < -0.3 is 14.2 Å². The van der Waals surface area contributed by atoms with E-state index in [1.807, 2.05) is 0 Å². The Bertz CT molecular complexity index is 1400. The average molecular weight is 974 g/mol. The third kappa shape index (κ3) is 55.3. The molecule has 0 aromatic carbocycles. The molecule has 6 nitrogen and oxygen atoms in total. The van der Waals surface area contributed by atoms with Crippen LogP contribution in [0.4, 0.5) is 0 Å². The maximum absolute atomic E-state index is 12.8. The molecule has 0 aliphatic carbocycles. The van der Waals surface area contributed by atoms with Crippen LogP contribution in [0.5, 0.6) is 0 Å². The van der Waals surface area contributed by atoms with Crippen molar-refractivity contribution in [1.82, 2.24) is 0 Å². The number of ether oxygens (including phenoxy) is 3. The van der Waals surface area contributed by atoms with Gasteiger partial charge in [0.25, 0.3) is 0 Å². The van der Waals surface area contributed by atoms with E-state index in [9.17, 15) is 14.4 Å². The smallest absolute Gasteiger partial charge is 0.306 e. The maximum atomic E-state index is 12.8. The lowest BCUT2D eigenvalue weighted by molar-refractivity contribution is -0.167. The molecule has 0 amide bonds. The monoisotopic (exact) mass is 973 g/mol. The molecule has 0 rings (SSSR count). The Kier molecular flexibility index (Phi) is 54.9. The van der Waals surface area contributed by atoms with Crippen LogP contribution in [0.1, 0.15) is 271 Å². The number of hydrogen-bond acceptors (Lipinski definition) is 6. The van der Waals surface area contributed by atoms with E-state index in [1.54, 1.807) is 0 Å². The predicted octanol–water partition coefficient (Wildman–Crippen LogP) is 19.7. The third-order valence-electron chi connectivity index (χ3n) is 12.3. The molecule has 70 heavy (non-hydrogen) atoms. The fourth-order valence-electron chi connectivity index (χ4n) is 8.01. The van der Waals surface area contributed by atoms with Gasteiger partial charge in [0, 0.05) is 19.3 Å². The van der Waals surface area contributed by atoms with Crippen LogP contribution >= 0.6 is 0 Å². The van der Waals surface area contributed by atoms with Crippen LogP contribution in [0.3, 0.4) is 0 Å². The molecule has 1 unspecified atom stereocenters. The molecule has 0 aromatic rings. The number of carbonyl (C=O) groups excluding carboxylic acids is 3. The summed E-state index contributed by atoms with van der Waals surface area (Å²) < 4.78 is 16.7. The summed E-state index contributed by atoms with van der Waals surface area (Å²) in [5, 5.41) is 0. The second-order valence-electron chi connectivity index (χ2n) is 19.1. The van der Waals surface area contributed by atoms with Gasteiger partial charge >= 0.3 is 17.9 Å². The minimum Gasteiger partial charge on any atom is -0.462 e. The van der Waals surface area contributed by atoms with E-state index in [2.05, 4.69) is 118 Å². The van der Waals surface area contributed by atoms with Crippen LogP contribution in [0.25, 0.3) is 0 Å². The van der Waals surface area contributed by atoms with E-state index >= 15 is 0 Å². The molecule has 0 aliphatic rings. The van der Waals surface area contributed by atoms with Gasteiger partial charge in [0.05, 0.1) is 0 Å². The molecular formula is C64H108O6. The van der Waals surface area contributed by atoms with E-state index in [-0.39, 0.29) is 31.1 Å². The largest absolute Gasteiger partial charge is 0.462 e. The molecule has 0 spiro atoms. The lowest BCUT2D eigenvalue weighted by Crippen LogP contribution is -2.30. The molecule has 6 heteroatoms. The van der Waals surface area contributed by atoms with Crippen LogP contribution in [0.15, 0.2) is 97.2 Å². The molecule has 0 bridgehead atoms. The standard InChI is InChI=1S/C64H108O6/c1-4-7-10-13-16-18-20-22-24-26-27-28-29-30-31-32-33-34-35-36-37-39-40-42-44-46-48-51-54-57-63(66)69-60-61(59-68-62(65)56-53-50-15-12-9-6-3)70-64(67)58-55-52-49-47-45-43-41-38-25-23-21-19-17-14-11-8-5-2/h7-8,10-11,16-19,22-25,27-28,41,43,61H,4-6,9,12-15,20-21,26,29-40,42,44-60H2,1-3H3/b10-7-,11-8-,18-16-,19-17-,24-22-,25-23-,28-27-,43-41-. The van der Waals surface area contributed by atoms with E-state index in [0.717, 1.165) is 122 Å². The average Bonchev–Trinajstić information content (AvgIpc) is 3.36. The summed E-state index contributed by atoms with van der Waals surface area (Å²) in [6, 6.07) is 0. The third-order valence-corrected chi connectivity index (χ3v) is 12.3. The van der Waals surface area contributed by atoms with Gasteiger partial charge in [0.1, 0.15) is 13.2 Å². The number of allylic oxidation sites excluding steroid dienone is 16. The second kappa shape index (κ2) is 57.9. The highest BCUT2D eigenvalue weighted by atomic mass is 16.6. The fraction of sp³-hybridized carbons (Fsp3) is 0.703. The summed E-state index contributed by atoms with van der Waals surface area (Å²) in [5.41, 5.74) is 0. The van der Waals surface area contributed by atoms with E-state index < -0.39 is 6.10 Å². The van der Waals surface area contributed by atoms with Gasteiger partial charge in [-0.2, -0.15) is 0 Å². The maximum Gasteiger partial charge on any atom is 0.306 e. The fourth-order valence-corrected chi connectivity index (χ4v) is 8.01. The summed E-state index contributed by atoms with van der Waals surface area (Å²) >= 11 is 0. The normalized spacial score (nSPS) is 12.8. The van der Waals surface area contributed by atoms with Crippen LogP contribution in [0.2, 0.25) is 0 Å². The quantitative estimate of drug-likeness (QED) is 0.0262. The minimum atomic E-state index is -0.786. The first-order valence-corrected chi connectivity index (χ1v) is 29.2. The molecule has 0 saturated heterocycles. The predicted molar refractivity (Wildman–Crippen MR) is 302 cm³/mol. The molecular weight excluding hydrogens is 865 g/mol. The highest BCUT2D eigenvalue weighted by Crippen LogP contribution is 2.16. The van der Waals surface area contributed by atoms with Gasteiger partial charge in [-0.15, -0.1) is 0 Å². The number of esters is 3. The van der Waals surface area contributed by atoms with Crippen molar-refractivity contribution in [2.24, 2.45) is 0 Å². The van der Waals surface area contributed by atoms with Crippen molar-refractivity contribution >= 4 is 17.9 Å². The van der Waals surface area contributed by atoms with Crippen molar-refractivity contribution in [1.29, 1.82) is 0 Å². The molecule has 0 N–H and O–H groups in total. The lowest BCUT2D eigenvalue weighted by Gasteiger charge is -2.18. The first-order valence-electron chi connectivity index (χ1n) is 29.2. The van der Waals surface area contributed by atoms with Gasteiger partial charge in [-0.3, -0.25) is 14.4 Å². The zero-order valence-electron chi connectivity index (χ0n) is 45.8. The number of carbonyl (C=O) groups is 3. The first-order chi connectivity index (χ1) is 34.5. The summed E-state index contributed by atoms with van der Waals surface area (Å²) in [4.78, 5) is 37.9.